The first kappa shape index (κ1) is 16.9. The number of aromatic nitrogens is 2. The third kappa shape index (κ3) is 2.61. The molecule has 0 radical (unpaired) electrons. The second-order valence-electron chi connectivity index (χ2n) is 8.19. The summed E-state index contributed by atoms with van der Waals surface area (Å²) in [7, 11) is 1.64. The molecule has 2 aliphatic heterocycles. The van der Waals surface area contributed by atoms with E-state index in [1.165, 1.54) is 16.7 Å². The van der Waals surface area contributed by atoms with E-state index in [4.69, 9.17) is 10.1 Å². The number of methoxy groups -OCH3 is 1. The van der Waals surface area contributed by atoms with E-state index in [0.29, 0.717) is 17.6 Å². The van der Waals surface area contributed by atoms with Crippen LogP contribution in [0, 0.1) is 11.3 Å². The van der Waals surface area contributed by atoms with Crippen LogP contribution in [-0.2, 0) is 13.0 Å². The number of hydrogen-bond acceptors (Lipinski definition) is 6. The Balaban J connectivity index is 1.29. The lowest BCUT2D eigenvalue weighted by atomic mass is 9.96. The lowest BCUT2D eigenvalue weighted by Crippen LogP contribution is -2.33. The quantitative estimate of drug-likeness (QED) is 0.553. The molecule has 0 spiro atoms. The van der Waals surface area contributed by atoms with Crippen molar-refractivity contribution in [1.29, 1.82) is 5.41 Å². The van der Waals surface area contributed by atoms with Crippen molar-refractivity contribution in [2.75, 3.05) is 24.4 Å². The summed E-state index contributed by atoms with van der Waals surface area (Å²) in [6.45, 7) is 2.05. The summed E-state index contributed by atoms with van der Waals surface area (Å²) in [5, 5.41) is 16.4. The maximum Gasteiger partial charge on any atom is 0.243 e. The first-order chi connectivity index (χ1) is 14.2. The highest BCUT2D eigenvalue weighted by molar-refractivity contribution is 5.93. The zero-order chi connectivity index (χ0) is 19.5. The van der Waals surface area contributed by atoms with Gasteiger partial charge < -0.3 is 15.4 Å². The Morgan fingerprint density at radius 2 is 2.14 bits per heavy atom. The minimum absolute atomic E-state index is 0.0976. The van der Waals surface area contributed by atoms with Crippen LogP contribution in [0.1, 0.15) is 29.0 Å². The monoisotopic (exact) mass is 388 g/mol. The summed E-state index contributed by atoms with van der Waals surface area (Å²) in [5.74, 6) is 2.64. The molecular formula is C22H24N6O. The number of ether oxygens (including phenoxy) is 1. The summed E-state index contributed by atoms with van der Waals surface area (Å²) in [6.07, 6.45) is 2.36. The number of anilines is 1. The van der Waals surface area contributed by atoms with Crippen LogP contribution in [-0.4, -0.2) is 29.5 Å². The molecular weight excluding hydrogens is 364 g/mol. The molecule has 1 aromatic heterocycles. The number of rotatable bonds is 3. The molecule has 7 nitrogen and oxygen atoms in total. The molecule has 3 aliphatic rings. The Morgan fingerprint density at radius 1 is 1.21 bits per heavy atom. The predicted octanol–water partition coefficient (Wildman–Crippen LogP) is 2.27. The zero-order valence-electron chi connectivity index (χ0n) is 16.3. The summed E-state index contributed by atoms with van der Waals surface area (Å²) in [5.41, 5.74) is 8.73. The Labute approximate surface area is 168 Å². The van der Waals surface area contributed by atoms with Crippen molar-refractivity contribution < 1.29 is 4.74 Å². The number of fused-ring (bicyclic) bond motifs is 4. The molecule has 3 unspecified atom stereocenters. The van der Waals surface area contributed by atoms with Crippen LogP contribution in [0.5, 0.6) is 5.75 Å². The molecule has 1 fully saturated rings. The number of hydrogen-bond donors (Lipinski definition) is 4. The fourth-order valence-electron chi connectivity index (χ4n) is 4.86. The van der Waals surface area contributed by atoms with Crippen LogP contribution in [0.4, 0.5) is 5.82 Å². The van der Waals surface area contributed by atoms with E-state index < -0.39 is 0 Å². The third-order valence-electron chi connectivity index (χ3n) is 6.50. The molecule has 1 saturated carbocycles. The topological polar surface area (TPSA) is 87.0 Å². The second-order valence-corrected chi connectivity index (χ2v) is 8.19. The number of nitrogens with one attached hydrogen (secondary N) is 4. The highest BCUT2D eigenvalue weighted by atomic mass is 16.5. The molecule has 6 rings (SSSR count). The zero-order valence-corrected chi connectivity index (χ0v) is 16.3. The molecule has 1 aliphatic carbocycles. The molecule has 4 N–H and O–H groups in total. The third-order valence-corrected chi connectivity index (χ3v) is 6.50. The van der Waals surface area contributed by atoms with Crippen LogP contribution in [0.2, 0.25) is 0 Å². The minimum atomic E-state index is 0.0976. The fourth-order valence-corrected chi connectivity index (χ4v) is 4.86. The Kier molecular flexibility index (Phi) is 3.61. The molecule has 3 heterocycles. The standard InChI is InChI=1S/C22H24N6O/c1-29-18-4-2-3-15-19(18)25-22(23)28-21(15)26-20(27-28)17-10-16(17)13-5-6-14-11-24-8-7-12(14)9-13/h2-6,9,16-17,20,23-24,26-27H,7-8,10-11H2,1H3. The average Bonchev–Trinajstić information content (AvgIpc) is 3.43. The fraction of sp³-hybridized carbons (Fsp3) is 0.364. The number of nitrogens with zero attached hydrogens (tertiary/aromatic N) is 2. The largest absolute Gasteiger partial charge is 0.494 e. The smallest absolute Gasteiger partial charge is 0.243 e. The summed E-state index contributed by atoms with van der Waals surface area (Å²) < 4.78 is 7.21. The number of para-hydroxylation sites is 1. The summed E-state index contributed by atoms with van der Waals surface area (Å²) >= 11 is 0. The van der Waals surface area contributed by atoms with Crippen molar-refractivity contribution >= 4 is 16.7 Å². The van der Waals surface area contributed by atoms with Gasteiger partial charge >= 0.3 is 0 Å². The van der Waals surface area contributed by atoms with E-state index in [1.54, 1.807) is 11.8 Å². The maximum atomic E-state index is 8.36. The van der Waals surface area contributed by atoms with Gasteiger partial charge in [-0.25, -0.2) is 9.66 Å². The van der Waals surface area contributed by atoms with Gasteiger partial charge in [0.25, 0.3) is 0 Å². The highest BCUT2D eigenvalue weighted by Gasteiger charge is 2.46. The lowest BCUT2D eigenvalue weighted by Gasteiger charge is -2.18. The van der Waals surface area contributed by atoms with Gasteiger partial charge in [-0.05, 0) is 54.1 Å². The van der Waals surface area contributed by atoms with Crippen LogP contribution in [0.15, 0.2) is 36.4 Å². The summed E-state index contributed by atoms with van der Waals surface area (Å²) in [4.78, 5) is 4.45. The second kappa shape index (κ2) is 6.22. The SMILES string of the molecule is COc1cccc2c3n(c(=N)nc12)NC(C1CC1c1ccc2c(c1)CCNC2)N3. The van der Waals surface area contributed by atoms with Gasteiger partial charge in [0.2, 0.25) is 5.62 Å². The average molecular weight is 388 g/mol. The molecule has 0 saturated heterocycles. The lowest BCUT2D eigenvalue weighted by molar-refractivity contribution is 0.418. The minimum Gasteiger partial charge on any atom is -0.494 e. The van der Waals surface area contributed by atoms with Crippen LogP contribution in [0.25, 0.3) is 10.9 Å². The van der Waals surface area contributed by atoms with Gasteiger partial charge in [-0.2, -0.15) is 0 Å². The van der Waals surface area contributed by atoms with E-state index in [-0.39, 0.29) is 11.8 Å². The summed E-state index contributed by atoms with van der Waals surface area (Å²) in [6, 6.07) is 12.9. The van der Waals surface area contributed by atoms with Crippen LogP contribution >= 0.6 is 0 Å². The Hall–Kier alpha value is -3.06. The molecule has 3 aromatic rings. The van der Waals surface area contributed by atoms with Crippen molar-refractivity contribution in [1.82, 2.24) is 15.0 Å². The first-order valence-corrected chi connectivity index (χ1v) is 10.2. The van der Waals surface area contributed by atoms with E-state index in [1.807, 2.05) is 18.2 Å². The molecule has 0 amide bonds. The van der Waals surface area contributed by atoms with Crippen molar-refractivity contribution in [2.24, 2.45) is 5.92 Å². The van der Waals surface area contributed by atoms with Crippen LogP contribution < -0.4 is 26.4 Å². The molecule has 7 heteroatoms. The van der Waals surface area contributed by atoms with Crippen LogP contribution in [0.3, 0.4) is 0 Å². The van der Waals surface area contributed by atoms with Gasteiger partial charge in [-0.1, -0.05) is 24.3 Å². The van der Waals surface area contributed by atoms with E-state index in [9.17, 15) is 0 Å². The van der Waals surface area contributed by atoms with E-state index in [2.05, 4.69) is 39.2 Å². The maximum absolute atomic E-state index is 8.36. The molecule has 0 bridgehead atoms. The van der Waals surface area contributed by atoms with E-state index in [0.717, 1.165) is 42.7 Å². The van der Waals surface area contributed by atoms with Gasteiger partial charge in [0.15, 0.2) is 0 Å². The van der Waals surface area contributed by atoms with Crippen molar-refractivity contribution in [3.63, 3.8) is 0 Å². The first-order valence-electron chi connectivity index (χ1n) is 10.2. The van der Waals surface area contributed by atoms with Gasteiger partial charge in [0.1, 0.15) is 23.2 Å². The highest BCUT2D eigenvalue weighted by Crippen LogP contribution is 2.51. The molecule has 2 aromatic carbocycles. The normalized spacial score (nSPS) is 24.4. The van der Waals surface area contributed by atoms with Gasteiger partial charge in [0, 0.05) is 17.8 Å². The van der Waals surface area contributed by atoms with Gasteiger partial charge in [0.05, 0.1) is 7.11 Å². The Morgan fingerprint density at radius 3 is 3.03 bits per heavy atom. The van der Waals surface area contributed by atoms with Crippen molar-refractivity contribution in [3.8, 4) is 5.75 Å². The van der Waals surface area contributed by atoms with Crippen molar-refractivity contribution in [2.45, 2.75) is 31.5 Å². The van der Waals surface area contributed by atoms with Gasteiger partial charge in [-0.3, -0.25) is 10.8 Å². The van der Waals surface area contributed by atoms with Crippen molar-refractivity contribution in [3.05, 3.63) is 58.7 Å². The number of benzene rings is 2. The molecule has 29 heavy (non-hydrogen) atoms. The molecule has 148 valence electrons. The molecule has 3 atom stereocenters. The van der Waals surface area contributed by atoms with E-state index >= 15 is 0 Å². The predicted molar refractivity (Wildman–Crippen MR) is 112 cm³/mol. The Bertz CT molecular complexity index is 1190. The van der Waals surface area contributed by atoms with Gasteiger partial charge in [-0.15, -0.1) is 0 Å².